The number of carbonyl (C=O) groups excluding carboxylic acids is 2. The van der Waals surface area contributed by atoms with Gasteiger partial charge in [-0.25, -0.2) is 0 Å². The fraction of sp³-hybridized carbons (Fsp3) is 0.650. The molecule has 1 saturated carbocycles. The van der Waals surface area contributed by atoms with Crippen LogP contribution in [0, 0.1) is 5.92 Å². The van der Waals surface area contributed by atoms with Crippen LogP contribution >= 0.6 is 0 Å². The Balaban J connectivity index is 1.46. The zero-order chi connectivity index (χ0) is 18.0. The maximum absolute atomic E-state index is 13.0. The average Bonchev–Trinajstić information content (AvgIpc) is 3.36. The van der Waals surface area contributed by atoms with Gasteiger partial charge in [-0.15, -0.1) is 0 Å². The van der Waals surface area contributed by atoms with Crippen LogP contribution in [0.3, 0.4) is 0 Å². The van der Waals surface area contributed by atoms with Gasteiger partial charge >= 0.3 is 0 Å². The van der Waals surface area contributed by atoms with Gasteiger partial charge in [0.15, 0.2) is 0 Å². The van der Waals surface area contributed by atoms with E-state index >= 15 is 0 Å². The van der Waals surface area contributed by atoms with E-state index in [0.717, 1.165) is 31.4 Å². The highest BCUT2D eigenvalue weighted by molar-refractivity contribution is 5.94. The third-order valence-electron chi connectivity index (χ3n) is 6.06. The maximum atomic E-state index is 13.0. The van der Waals surface area contributed by atoms with Gasteiger partial charge in [0.1, 0.15) is 5.54 Å². The van der Waals surface area contributed by atoms with Crippen molar-refractivity contribution in [2.45, 2.75) is 56.9 Å². The van der Waals surface area contributed by atoms with E-state index in [9.17, 15) is 9.59 Å². The highest BCUT2D eigenvalue weighted by Crippen LogP contribution is 2.33. The third-order valence-corrected chi connectivity index (χ3v) is 6.06. The van der Waals surface area contributed by atoms with E-state index in [4.69, 9.17) is 0 Å². The molecule has 6 nitrogen and oxygen atoms in total. The van der Waals surface area contributed by atoms with Gasteiger partial charge in [0.05, 0.1) is 0 Å². The smallest absolute Gasteiger partial charge is 0.249 e. The number of likely N-dealkylation sites (tertiary alicyclic amines) is 1. The lowest BCUT2D eigenvalue weighted by molar-refractivity contribution is -0.138. The predicted molar refractivity (Wildman–Crippen MR) is 98.3 cm³/mol. The normalized spacial score (nSPS) is 22.6. The minimum absolute atomic E-state index is 0.0529. The molecule has 2 amide bonds. The summed E-state index contributed by atoms with van der Waals surface area (Å²) in [5.74, 6) is 0.864. The lowest BCUT2D eigenvalue weighted by atomic mass is 9.85. The number of nitrogens with zero attached hydrogens (tertiary/aromatic N) is 3. The van der Waals surface area contributed by atoms with E-state index in [0.29, 0.717) is 31.8 Å². The zero-order valence-corrected chi connectivity index (χ0v) is 15.3. The Morgan fingerprint density at radius 3 is 2.65 bits per heavy atom. The van der Waals surface area contributed by atoms with Crippen molar-refractivity contribution in [1.82, 2.24) is 20.0 Å². The maximum Gasteiger partial charge on any atom is 0.249 e. The van der Waals surface area contributed by atoms with Gasteiger partial charge in [0.2, 0.25) is 11.8 Å². The van der Waals surface area contributed by atoms with Crippen LogP contribution in [0.25, 0.3) is 0 Å². The summed E-state index contributed by atoms with van der Waals surface area (Å²) >= 11 is 0. The fourth-order valence-corrected chi connectivity index (χ4v) is 4.12. The molecule has 6 heteroatoms. The first-order valence-corrected chi connectivity index (χ1v) is 9.96. The second kappa shape index (κ2) is 7.25. The first-order chi connectivity index (χ1) is 12.7. The number of amides is 2. The second-order valence-corrected chi connectivity index (χ2v) is 7.90. The average molecular weight is 356 g/mol. The first kappa shape index (κ1) is 17.3. The predicted octanol–water partition coefficient (Wildman–Crippen LogP) is 2.23. The number of hydrogen-bond acceptors (Lipinski definition) is 3. The molecule has 1 N–H and O–H groups in total. The van der Waals surface area contributed by atoms with Gasteiger partial charge in [0, 0.05) is 37.6 Å². The number of allylic oxidation sites excluding steroid dienone is 1. The molecule has 0 atom stereocenters. The van der Waals surface area contributed by atoms with Crippen LogP contribution in [0.4, 0.5) is 0 Å². The third kappa shape index (κ3) is 3.41. The molecule has 2 fully saturated rings. The van der Waals surface area contributed by atoms with Crippen LogP contribution in [0.1, 0.15) is 51.4 Å². The number of rotatable bonds is 5. The number of hydrogen-bond donors (Lipinski definition) is 1. The molecule has 1 aromatic rings. The summed E-state index contributed by atoms with van der Waals surface area (Å²) in [6.45, 7) is 1.97. The summed E-state index contributed by atoms with van der Waals surface area (Å²) in [6, 6.07) is 1.86. The van der Waals surface area contributed by atoms with E-state index in [1.807, 2.05) is 17.2 Å². The molecular weight excluding hydrogens is 328 g/mol. The number of nitrogens with one attached hydrogen (secondary N) is 1. The molecule has 0 unspecified atom stereocenters. The molecule has 1 saturated heterocycles. The molecule has 26 heavy (non-hydrogen) atoms. The number of piperidine rings is 1. The minimum Gasteiger partial charge on any atom is -0.354 e. The molecule has 0 aromatic carbocycles. The van der Waals surface area contributed by atoms with Crippen molar-refractivity contribution in [3.05, 3.63) is 30.1 Å². The Bertz CT molecular complexity index is 683. The topological polar surface area (TPSA) is 67.2 Å². The van der Waals surface area contributed by atoms with Crippen LogP contribution in [0.15, 0.2) is 30.1 Å². The van der Waals surface area contributed by atoms with Crippen LogP contribution in [-0.2, 0) is 15.1 Å². The molecule has 0 radical (unpaired) electrons. The van der Waals surface area contributed by atoms with Crippen LogP contribution in [-0.4, -0.2) is 46.1 Å². The van der Waals surface area contributed by atoms with Crippen LogP contribution < -0.4 is 5.32 Å². The van der Waals surface area contributed by atoms with Crippen molar-refractivity contribution < 1.29 is 9.59 Å². The summed E-state index contributed by atoms with van der Waals surface area (Å²) in [5.41, 5.74) is 0.289. The summed E-state index contributed by atoms with van der Waals surface area (Å²) < 4.78 is 1.80. The molecule has 2 heterocycles. The summed E-state index contributed by atoms with van der Waals surface area (Å²) in [6.07, 6.45) is 13.5. The van der Waals surface area contributed by atoms with Crippen molar-refractivity contribution in [3.63, 3.8) is 0 Å². The lowest BCUT2D eigenvalue weighted by Crippen LogP contribution is -2.56. The Kier molecular flexibility index (Phi) is 4.83. The molecule has 3 aliphatic rings. The minimum atomic E-state index is -0.671. The standard InChI is InChI=1S/C20H28N4O2/c25-18(17-5-2-1-3-6-17)23-13-9-20(10-14-23,24-12-4-11-22-24)19(26)21-15-16-7-8-16/h4-5,11-12,16H,1-3,6-10,13-15H2,(H,21,26). The Morgan fingerprint density at radius 1 is 1.23 bits per heavy atom. The van der Waals surface area contributed by atoms with E-state index in [1.54, 1.807) is 10.9 Å². The Labute approximate surface area is 154 Å². The van der Waals surface area contributed by atoms with Gasteiger partial charge in [0.25, 0.3) is 0 Å². The lowest BCUT2D eigenvalue weighted by Gasteiger charge is -2.41. The first-order valence-electron chi connectivity index (χ1n) is 9.96. The summed E-state index contributed by atoms with van der Waals surface area (Å²) in [4.78, 5) is 27.7. The molecule has 1 aromatic heterocycles. The van der Waals surface area contributed by atoms with Crippen molar-refractivity contribution >= 4 is 11.8 Å². The second-order valence-electron chi connectivity index (χ2n) is 7.90. The van der Waals surface area contributed by atoms with Crippen LogP contribution in [0.2, 0.25) is 0 Å². The zero-order valence-electron chi connectivity index (χ0n) is 15.3. The van der Waals surface area contributed by atoms with Crippen molar-refractivity contribution in [2.75, 3.05) is 19.6 Å². The molecular formula is C20H28N4O2. The van der Waals surface area contributed by atoms with Gasteiger partial charge in [-0.2, -0.15) is 5.10 Å². The number of aromatic nitrogens is 2. The van der Waals surface area contributed by atoms with E-state index in [-0.39, 0.29) is 11.8 Å². The largest absolute Gasteiger partial charge is 0.354 e. The molecule has 0 bridgehead atoms. The molecule has 4 rings (SSSR count). The Morgan fingerprint density at radius 2 is 2.04 bits per heavy atom. The van der Waals surface area contributed by atoms with E-state index in [1.165, 1.54) is 19.3 Å². The van der Waals surface area contributed by atoms with Crippen molar-refractivity contribution in [2.24, 2.45) is 5.92 Å². The quantitative estimate of drug-likeness (QED) is 0.880. The monoisotopic (exact) mass is 356 g/mol. The van der Waals surface area contributed by atoms with Gasteiger partial charge in [-0.1, -0.05) is 6.08 Å². The van der Waals surface area contributed by atoms with Gasteiger partial charge < -0.3 is 10.2 Å². The van der Waals surface area contributed by atoms with E-state index < -0.39 is 5.54 Å². The highest BCUT2D eigenvalue weighted by Gasteiger charge is 2.45. The van der Waals surface area contributed by atoms with Gasteiger partial charge in [-0.3, -0.25) is 14.3 Å². The van der Waals surface area contributed by atoms with Gasteiger partial charge in [-0.05, 0) is 63.4 Å². The molecule has 1 aliphatic heterocycles. The summed E-state index contributed by atoms with van der Waals surface area (Å²) in [5, 5.41) is 7.51. The molecule has 0 spiro atoms. The Hall–Kier alpha value is -2.11. The molecule has 140 valence electrons. The summed E-state index contributed by atoms with van der Waals surface area (Å²) in [7, 11) is 0. The fourth-order valence-electron chi connectivity index (χ4n) is 4.12. The van der Waals surface area contributed by atoms with E-state index in [2.05, 4.69) is 16.5 Å². The van der Waals surface area contributed by atoms with Crippen LogP contribution in [0.5, 0.6) is 0 Å². The highest BCUT2D eigenvalue weighted by atomic mass is 16.2. The molecule has 2 aliphatic carbocycles. The van der Waals surface area contributed by atoms with Crippen molar-refractivity contribution in [3.8, 4) is 0 Å². The SMILES string of the molecule is O=C(C1=CCCCC1)N1CCC(C(=O)NCC2CC2)(n2cccn2)CC1. The van der Waals surface area contributed by atoms with Crippen molar-refractivity contribution in [1.29, 1.82) is 0 Å². The number of carbonyl (C=O) groups is 2.